The first-order chi connectivity index (χ1) is 11.7. The minimum Gasteiger partial charge on any atom is -0.484 e. The predicted molar refractivity (Wildman–Crippen MR) is 94.0 cm³/mol. The van der Waals surface area contributed by atoms with E-state index in [0.717, 1.165) is 10.8 Å². The van der Waals surface area contributed by atoms with Crippen molar-refractivity contribution in [2.75, 3.05) is 6.61 Å². The number of ether oxygens (including phenoxy) is 1. The maximum absolute atomic E-state index is 11.9. The fourth-order valence-electron chi connectivity index (χ4n) is 2.22. The van der Waals surface area contributed by atoms with E-state index < -0.39 is 0 Å². The van der Waals surface area contributed by atoms with E-state index in [1.54, 1.807) is 13.1 Å². The van der Waals surface area contributed by atoms with Crippen molar-refractivity contribution in [3.63, 3.8) is 0 Å². The number of nitrogens with one attached hydrogen (secondary N) is 1. The molecule has 1 heterocycles. The molecule has 0 unspecified atom stereocenters. The van der Waals surface area contributed by atoms with E-state index in [1.165, 1.54) is 0 Å². The average Bonchev–Trinajstić information content (AvgIpc) is 2.65. The lowest BCUT2D eigenvalue weighted by Crippen LogP contribution is -2.25. The zero-order valence-corrected chi connectivity index (χ0v) is 13.3. The van der Waals surface area contributed by atoms with Crippen LogP contribution in [0.15, 0.2) is 72.0 Å². The van der Waals surface area contributed by atoms with Crippen LogP contribution in [0, 0.1) is 0 Å². The number of hydrogen-bond donors (Lipinski definition) is 1. The van der Waals surface area contributed by atoms with Crippen LogP contribution in [0.25, 0.3) is 10.8 Å². The molecule has 0 atom stereocenters. The van der Waals surface area contributed by atoms with Crippen LogP contribution in [0.3, 0.4) is 0 Å². The second-order valence-corrected chi connectivity index (χ2v) is 5.24. The zero-order valence-electron chi connectivity index (χ0n) is 13.3. The number of pyridine rings is 1. The highest BCUT2D eigenvalue weighted by Crippen LogP contribution is 2.20. The first kappa shape index (κ1) is 15.7. The fourth-order valence-corrected chi connectivity index (χ4v) is 2.22. The summed E-state index contributed by atoms with van der Waals surface area (Å²) in [7, 11) is 0. The topological polar surface area (TPSA) is 63.6 Å². The van der Waals surface area contributed by atoms with Crippen LogP contribution < -0.4 is 10.2 Å². The fraction of sp³-hybridized carbons (Fsp3) is 0.105. The van der Waals surface area contributed by atoms with E-state index >= 15 is 0 Å². The lowest BCUT2D eigenvalue weighted by molar-refractivity contribution is -0.123. The van der Waals surface area contributed by atoms with Gasteiger partial charge in [0.05, 0.1) is 11.4 Å². The molecule has 1 amide bonds. The quantitative estimate of drug-likeness (QED) is 0.580. The summed E-state index contributed by atoms with van der Waals surface area (Å²) >= 11 is 0. The number of carbonyl (C=O) groups excluding carboxylic acids is 1. The second-order valence-electron chi connectivity index (χ2n) is 5.24. The maximum Gasteiger partial charge on any atom is 0.277 e. The minimum atomic E-state index is -0.321. The van der Waals surface area contributed by atoms with Crippen LogP contribution in [0.5, 0.6) is 5.75 Å². The molecular weight excluding hydrogens is 302 g/mol. The molecule has 0 bridgehead atoms. The van der Waals surface area contributed by atoms with Crippen LogP contribution in [0.1, 0.15) is 12.6 Å². The monoisotopic (exact) mass is 319 g/mol. The third kappa shape index (κ3) is 3.95. The Kier molecular flexibility index (Phi) is 4.81. The number of benzene rings is 2. The molecule has 3 aromatic rings. The summed E-state index contributed by atoms with van der Waals surface area (Å²) in [4.78, 5) is 16.0. The van der Waals surface area contributed by atoms with Crippen molar-refractivity contribution in [1.82, 2.24) is 10.4 Å². The number of aromatic nitrogens is 1. The van der Waals surface area contributed by atoms with Gasteiger partial charge >= 0.3 is 0 Å². The smallest absolute Gasteiger partial charge is 0.277 e. The van der Waals surface area contributed by atoms with Crippen molar-refractivity contribution in [3.8, 4) is 5.75 Å². The Morgan fingerprint density at radius 2 is 1.88 bits per heavy atom. The van der Waals surface area contributed by atoms with Crippen LogP contribution in [0.4, 0.5) is 0 Å². The van der Waals surface area contributed by atoms with Gasteiger partial charge in [-0.25, -0.2) is 5.43 Å². The molecule has 120 valence electrons. The van der Waals surface area contributed by atoms with E-state index in [4.69, 9.17) is 4.74 Å². The highest BCUT2D eigenvalue weighted by molar-refractivity contribution is 5.97. The van der Waals surface area contributed by atoms with E-state index in [9.17, 15) is 4.79 Å². The van der Waals surface area contributed by atoms with Crippen molar-refractivity contribution in [1.29, 1.82) is 0 Å². The number of fused-ring (bicyclic) bond motifs is 1. The van der Waals surface area contributed by atoms with Gasteiger partial charge in [-0.1, -0.05) is 36.4 Å². The Labute approximate surface area is 140 Å². The minimum absolute atomic E-state index is 0.0999. The number of carbonyl (C=O) groups is 1. The highest BCUT2D eigenvalue weighted by Gasteiger charge is 2.04. The molecule has 0 aliphatic carbocycles. The van der Waals surface area contributed by atoms with Gasteiger partial charge in [0.25, 0.3) is 5.91 Å². The van der Waals surface area contributed by atoms with E-state index in [2.05, 4.69) is 15.5 Å². The zero-order chi connectivity index (χ0) is 16.8. The van der Waals surface area contributed by atoms with Crippen molar-refractivity contribution >= 4 is 22.4 Å². The highest BCUT2D eigenvalue weighted by atomic mass is 16.5. The van der Waals surface area contributed by atoms with Crippen molar-refractivity contribution in [2.24, 2.45) is 5.10 Å². The average molecular weight is 319 g/mol. The molecular formula is C19H17N3O2. The van der Waals surface area contributed by atoms with Crippen LogP contribution in [-0.2, 0) is 4.79 Å². The van der Waals surface area contributed by atoms with Crippen LogP contribution >= 0.6 is 0 Å². The Balaban J connectivity index is 1.57. The molecule has 0 aliphatic rings. The molecule has 2 aromatic carbocycles. The predicted octanol–water partition coefficient (Wildman–Crippen LogP) is 3.15. The van der Waals surface area contributed by atoms with E-state index in [0.29, 0.717) is 17.2 Å². The molecule has 1 N–H and O–H groups in total. The van der Waals surface area contributed by atoms with Crippen LogP contribution in [0.2, 0.25) is 0 Å². The first-order valence-corrected chi connectivity index (χ1v) is 7.58. The summed E-state index contributed by atoms with van der Waals surface area (Å²) < 4.78 is 5.52. The lowest BCUT2D eigenvalue weighted by atomic mass is 10.1. The Hall–Kier alpha value is -3.21. The van der Waals surface area contributed by atoms with Gasteiger partial charge in [0.15, 0.2) is 6.61 Å². The summed E-state index contributed by atoms with van der Waals surface area (Å²) in [6.45, 7) is 1.68. The molecule has 0 aliphatic heterocycles. The molecule has 5 heteroatoms. The van der Waals surface area contributed by atoms with Crippen molar-refractivity contribution in [3.05, 3.63) is 72.6 Å². The molecule has 0 spiro atoms. The summed E-state index contributed by atoms with van der Waals surface area (Å²) in [5.74, 6) is 0.327. The third-order valence-corrected chi connectivity index (χ3v) is 3.47. The van der Waals surface area contributed by atoms with Gasteiger partial charge in [0.2, 0.25) is 0 Å². The number of nitrogens with zero attached hydrogens (tertiary/aromatic N) is 2. The van der Waals surface area contributed by atoms with Gasteiger partial charge in [-0.3, -0.25) is 9.78 Å². The summed E-state index contributed by atoms with van der Waals surface area (Å²) in [6.07, 6.45) is 1.68. The molecule has 24 heavy (non-hydrogen) atoms. The Morgan fingerprint density at radius 3 is 2.67 bits per heavy atom. The third-order valence-electron chi connectivity index (χ3n) is 3.47. The van der Waals surface area contributed by atoms with Gasteiger partial charge in [-0.15, -0.1) is 0 Å². The molecule has 1 aromatic heterocycles. The normalized spacial score (nSPS) is 11.3. The molecule has 0 saturated heterocycles. The lowest BCUT2D eigenvalue weighted by Gasteiger charge is -2.07. The standard InChI is InChI=1S/C19H17N3O2/c1-14(18-8-4-5-11-20-18)21-22-19(23)13-24-17-10-9-15-6-2-3-7-16(15)12-17/h2-12H,13H2,1H3,(H,22,23)/b21-14-. The number of hydrogen-bond acceptors (Lipinski definition) is 4. The van der Waals surface area contributed by atoms with Gasteiger partial charge < -0.3 is 4.74 Å². The van der Waals surface area contributed by atoms with Crippen LogP contribution in [-0.4, -0.2) is 23.2 Å². The number of rotatable bonds is 5. The molecule has 0 fully saturated rings. The summed E-state index contributed by atoms with van der Waals surface area (Å²) in [5.41, 5.74) is 3.82. The van der Waals surface area contributed by atoms with E-state index in [-0.39, 0.29) is 12.5 Å². The molecule has 0 radical (unpaired) electrons. The maximum atomic E-state index is 11.9. The number of amides is 1. The van der Waals surface area contributed by atoms with Crippen molar-refractivity contribution in [2.45, 2.75) is 6.92 Å². The Bertz CT molecular complexity index is 876. The SMILES string of the molecule is C/C(=N/NC(=O)COc1ccc2ccccc2c1)c1ccccn1. The second kappa shape index (κ2) is 7.37. The van der Waals surface area contributed by atoms with E-state index in [1.807, 2.05) is 60.7 Å². The Morgan fingerprint density at radius 1 is 1.08 bits per heavy atom. The molecule has 0 saturated carbocycles. The molecule has 3 rings (SSSR count). The summed E-state index contributed by atoms with van der Waals surface area (Å²) in [5, 5.41) is 6.23. The van der Waals surface area contributed by atoms with Gasteiger partial charge in [-0.2, -0.15) is 5.10 Å². The van der Waals surface area contributed by atoms with Gasteiger partial charge in [0, 0.05) is 6.20 Å². The largest absolute Gasteiger partial charge is 0.484 e. The first-order valence-electron chi connectivity index (χ1n) is 7.58. The molecule has 5 nitrogen and oxygen atoms in total. The van der Waals surface area contributed by atoms with Gasteiger partial charge in [-0.05, 0) is 42.0 Å². The van der Waals surface area contributed by atoms with Crippen molar-refractivity contribution < 1.29 is 9.53 Å². The van der Waals surface area contributed by atoms with Gasteiger partial charge in [0.1, 0.15) is 5.75 Å². The summed E-state index contributed by atoms with van der Waals surface area (Å²) in [6, 6.07) is 19.2. The number of hydrazone groups is 1.